The summed E-state index contributed by atoms with van der Waals surface area (Å²) < 4.78 is 29.7. The van der Waals surface area contributed by atoms with Crippen molar-refractivity contribution in [2.45, 2.75) is 26.9 Å². The summed E-state index contributed by atoms with van der Waals surface area (Å²) in [6.07, 6.45) is 3.82. The molecular weight excluding hydrogens is 364 g/mol. The first-order valence-electron chi connectivity index (χ1n) is 9.57. The van der Waals surface area contributed by atoms with Crippen molar-refractivity contribution in [2.24, 2.45) is 17.9 Å². The number of aryl methyl sites for hydroxylation is 1. The van der Waals surface area contributed by atoms with Crippen LogP contribution in [0.1, 0.15) is 20.8 Å². The van der Waals surface area contributed by atoms with Crippen molar-refractivity contribution < 1.29 is 8.78 Å². The Bertz CT molecular complexity index is 850. The molecule has 4 rings (SSSR count). The van der Waals surface area contributed by atoms with Crippen LogP contribution in [0, 0.1) is 16.6 Å². The number of fused-ring (bicyclic) bond motifs is 1. The summed E-state index contributed by atoms with van der Waals surface area (Å²) in [5.74, 6) is 0.214. The third kappa shape index (κ3) is 3.32. The van der Waals surface area contributed by atoms with Gasteiger partial charge in [0, 0.05) is 56.8 Å². The number of aromatic nitrogens is 4. The SMILES string of the molecule is CC(F)CN1C[C@@]2(C)CN(c3nc(Nc4cnn(C)c4)ncc3F)C[C@@]2(C)C1. The van der Waals surface area contributed by atoms with Crippen molar-refractivity contribution in [3.8, 4) is 0 Å². The molecule has 28 heavy (non-hydrogen) atoms. The van der Waals surface area contributed by atoms with Crippen molar-refractivity contribution in [1.82, 2.24) is 24.6 Å². The number of rotatable bonds is 5. The first kappa shape index (κ1) is 19.0. The fourth-order valence-electron chi connectivity index (χ4n) is 4.69. The molecule has 0 amide bonds. The molecule has 2 aromatic heterocycles. The van der Waals surface area contributed by atoms with E-state index in [1.165, 1.54) is 6.20 Å². The number of hydrogen-bond donors (Lipinski definition) is 1. The van der Waals surface area contributed by atoms with Gasteiger partial charge in [-0.2, -0.15) is 10.1 Å². The van der Waals surface area contributed by atoms with Gasteiger partial charge in [-0.15, -0.1) is 0 Å². The zero-order valence-corrected chi connectivity index (χ0v) is 16.8. The van der Waals surface area contributed by atoms with Gasteiger partial charge in [-0.25, -0.2) is 13.8 Å². The van der Waals surface area contributed by atoms with Crippen LogP contribution in [-0.4, -0.2) is 63.5 Å². The molecule has 2 aromatic rings. The van der Waals surface area contributed by atoms with E-state index in [1.807, 2.05) is 11.9 Å². The van der Waals surface area contributed by atoms with Crippen LogP contribution in [-0.2, 0) is 7.05 Å². The normalized spacial score (nSPS) is 28.6. The average molecular weight is 391 g/mol. The maximum atomic E-state index is 14.6. The Morgan fingerprint density at radius 2 is 1.86 bits per heavy atom. The second-order valence-corrected chi connectivity index (χ2v) is 8.82. The van der Waals surface area contributed by atoms with Gasteiger partial charge in [0.2, 0.25) is 5.95 Å². The fraction of sp³-hybridized carbons (Fsp3) is 0.632. The third-order valence-electron chi connectivity index (χ3n) is 6.18. The molecule has 0 spiro atoms. The predicted molar refractivity (Wildman–Crippen MR) is 104 cm³/mol. The molecule has 9 heteroatoms. The van der Waals surface area contributed by atoms with Gasteiger partial charge < -0.3 is 10.2 Å². The lowest BCUT2D eigenvalue weighted by molar-refractivity contribution is 0.212. The molecule has 2 fully saturated rings. The molecule has 152 valence electrons. The van der Waals surface area contributed by atoms with Crippen LogP contribution in [0.3, 0.4) is 0 Å². The minimum Gasteiger partial charge on any atom is -0.353 e. The second kappa shape index (κ2) is 6.65. The third-order valence-corrected chi connectivity index (χ3v) is 6.18. The van der Waals surface area contributed by atoms with Gasteiger partial charge in [0.15, 0.2) is 11.6 Å². The molecule has 7 nitrogen and oxygen atoms in total. The summed E-state index contributed by atoms with van der Waals surface area (Å²) in [5, 5.41) is 7.16. The highest BCUT2D eigenvalue weighted by Gasteiger charge is 2.58. The maximum Gasteiger partial charge on any atom is 0.229 e. The average Bonchev–Trinajstić information content (AvgIpc) is 3.16. The smallest absolute Gasteiger partial charge is 0.229 e. The Balaban J connectivity index is 1.54. The molecule has 0 radical (unpaired) electrons. The predicted octanol–water partition coefficient (Wildman–Crippen LogP) is 2.60. The van der Waals surface area contributed by atoms with Gasteiger partial charge in [-0.3, -0.25) is 9.58 Å². The Hall–Kier alpha value is -2.29. The summed E-state index contributed by atoms with van der Waals surface area (Å²) in [6, 6.07) is 0. The summed E-state index contributed by atoms with van der Waals surface area (Å²) in [7, 11) is 1.82. The zero-order valence-electron chi connectivity index (χ0n) is 16.8. The van der Waals surface area contributed by atoms with Crippen LogP contribution in [0.5, 0.6) is 0 Å². The minimum absolute atomic E-state index is 0.0454. The lowest BCUT2D eigenvalue weighted by atomic mass is 9.71. The van der Waals surface area contributed by atoms with E-state index in [-0.39, 0.29) is 10.8 Å². The molecule has 0 saturated carbocycles. The molecule has 2 aliphatic heterocycles. The number of nitrogens with zero attached hydrogens (tertiary/aromatic N) is 6. The Labute approximate surface area is 163 Å². The van der Waals surface area contributed by atoms with Gasteiger partial charge in [-0.1, -0.05) is 13.8 Å². The molecule has 3 atom stereocenters. The van der Waals surface area contributed by atoms with E-state index in [1.54, 1.807) is 24.0 Å². The number of anilines is 3. The fourth-order valence-corrected chi connectivity index (χ4v) is 4.69. The summed E-state index contributed by atoms with van der Waals surface area (Å²) in [6.45, 7) is 9.45. The van der Waals surface area contributed by atoms with Crippen molar-refractivity contribution in [1.29, 1.82) is 0 Å². The minimum atomic E-state index is -0.845. The second-order valence-electron chi connectivity index (χ2n) is 8.82. The lowest BCUT2D eigenvalue weighted by Gasteiger charge is -2.30. The highest BCUT2D eigenvalue weighted by atomic mass is 19.1. The topological polar surface area (TPSA) is 62.1 Å². The Morgan fingerprint density at radius 3 is 2.43 bits per heavy atom. The highest BCUT2D eigenvalue weighted by molar-refractivity contribution is 5.54. The summed E-state index contributed by atoms with van der Waals surface area (Å²) >= 11 is 0. The molecule has 4 heterocycles. The van der Waals surface area contributed by atoms with Crippen LogP contribution in [0.2, 0.25) is 0 Å². The van der Waals surface area contributed by atoms with E-state index in [0.29, 0.717) is 31.4 Å². The van der Waals surface area contributed by atoms with Gasteiger partial charge in [0.1, 0.15) is 6.17 Å². The van der Waals surface area contributed by atoms with E-state index in [4.69, 9.17) is 0 Å². The first-order valence-corrected chi connectivity index (χ1v) is 9.57. The number of alkyl halides is 1. The summed E-state index contributed by atoms with van der Waals surface area (Å²) in [5.41, 5.74) is 0.653. The van der Waals surface area contributed by atoms with Crippen LogP contribution < -0.4 is 10.2 Å². The van der Waals surface area contributed by atoms with Crippen molar-refractivity contribution in [3.05, 3.63) is 24.4 Å². The molecule has 1 unspecified atom stereocenters. The molecule has 2 saturated heterocycles. The number of nitrogens with one attached hydrogen (secondary N) is 1. The number of hydrogen-bond acceptors (Lipinski definition) is 6. The van der Waals surface area contributed by atoms with Gasteiger partial charge in [0.05, 0.1) is 18.1 Å². The first-order chi connectivity index (χ1) is 13.2. The maximum absolute atomic E-state index is 14.6. The molecule has 2 aliphatic rings. The van der Waals surface area contributed by atoms with E-state index in [9.17, 15) is 8.78 Å². The Morgan fingerprint density at radius 1 is 1.18 bits per heavy atom. The van der Waals surface area contributed by atoms with Crippen molar-refractivity contribution in [2.75, 3.05) is 42.9 Å². The molecule has 0 bridgehead atoms. The van der Waals surface area contributed by atoms with E-state index >= 15 is 0 Å². The van der Waals surface area contributed by atoms with Gasteiger partial charge >= 0.3 is 0 Å². The monoisotopic (exact) mass is 391 g/mol. The van der Waals surface area contributed by atoms with E-state index in [0.717, 1.165) is 18.8 Å². The molecule has 0 aliphatic carbocycles. The largest absolute Gasteiger partial charge is 0.353 e. The van der Waals surface area contributed by atoms with Gasteiger partial charge in [0.25, 0.3) is 0 Å². The van der Waals surface area contributed by atoms with E-state index in [2.05, 4.69) is 39.1 Å². The van der Waals surface area contributed by atoms with E-state index < -0.39 is 12.0 Å². The van der Waals surface area contributed by atoms with Crippen molar-refractivity contribution >= 4 is 17.5 Å². The molecule has 0 aromatic carbocycles. The van der Waals surface area contributed by atoms with Crippen LogP contribution in [0.15, 0.2) is 18.6 Å². The molecular formula is C19H27F2N7. The highest BCUT2D eigenvalue weighted by Crippen LogP contribution is 2.52. The van der Waals surface area contributed by atoms with Crippen LogP contribution >= 0.6 is 0 Å². The molecule has 1 N–H and O–H groups in total. The van der Waals surface area contributed by atoms with Crippen LogP contribution in [0.25, 0.3) is 0 Å². The standard InChI is InChI=1S/C19H27F2N7/c1-13(20)7-27-9-18(2)11-28(12-19(18,3)10-27)16-15(21)6-22-17(25-16)24-14-5-23-26(4)8-14/h5-6,8,13H,7,9-12H2,1-4H3,(H,22,24,25)/t13?,18-,19+. The Kier molecular flexibility index (Phi) is 4.52. The quantitative estimate of drug-likeness (QED) is 0.845. The zero-order chi connectivity index (χ0) is 20.1. The van der Waals surface area contributed by atoms with Crippen LogP contribution in [0.4, 0.5) is 26.2 Å². The number of likely N-dealkylation sites (tertiary alicyclic amines) is 1. The van der Waals surface area contributed by atoms with Gasteiger partial charge in [-0.05, 0) is 6.92 Å². The summed E-state index contributed by atoms with van der Waals surface area (Å²) in [4.78, 5) is 12.7. The van der Waals surface area contributed by atoms with Crippen molar-refractivity contribution in [3.63, 3.8) is 0 Å². The lowest BCUT2D eigenvalue weighted by Crippen LogP contribution is -2.35. The number of halogens is 2.